The lowest BCUT2D eigenvalue weighted by atomic mass is 10.1. The molecule has 0 unspecified atom stereocenters. The molecule has 0 atom stereocenters. The zero-order valence-corrected chi connectivity index (χ0v) is 8.72. The Morgan fingerprint density at radius 1 is 1.50 bits per heavy atom. The van der Waals surface area contributed by atoms with E-state index in [1.807, 2.05) is 19.1 Å². The van der Waals surface area contributed by atoms with Crippen LogP contribution in [0.25, 0.3) is 10.1 Å². The van der Waals surface area contributed by atoms with Gasteiger partial charge in [-0.15, -0.1) is 0 Å². The molecule has 3 nitrogen and oxygen atoms in total. The highest BCUT2D eigenvalue weighted by Crippen LogP contribution is 2.25. The number of ether oxygens (including phenoxy) is 1. The van der Waals surface area contributed by atoms with Crippen LogP contribution in [0.3, 0.4) is 0 Å². The molecule has 1 heterocycles. The Balaban J connectivity index is 2.76. The van der Waals surface area contributed by atoms with E-state index in [1.165, 1.54) is 18.6 Å². The van der Waals surface area contributed by atoms with Crippen LogP contribution in [0.15, 0.2) is 18.3 Å². The van der Waals surface area contributed by atoms with Gasteiger partial charge in [0, 0.05) is 11.6 Å². The van der Waals surface area contributed by atoms with Gasteiger partial charge >= 0.3 is 5.97 Å². The van der Waals surface area contributed by atoms with Crippen LogP contribution in [-0.2, 0) is 4.74 Å². The number of aromatic nitrogens is 1. The fraction of sp³-hybridized carbons (Fsp3) is 0.200. The lowest BCUT2D eigenvalue weighted by Crippen LogP contribution is -2.03. The first-order valence-electron chi connectivity index (χ1n) is 4.16. The maximum absolute atomic E-state index is 11.5. The smallest absolute Gasteiger partial charge is 0.338 e. The van der Waals surface area contributed by atoms with E-state index in [4.69, 9.17) is 4.74 Å². The Bertz CT molecular complexity index is 490. The van der Waals surface area contributed by atoms with E-state index in [1.54, 1.807) is 6.20 Å². The standard InChI is InChI=1S/C10H9NO2S/c1-6-3-4-8-7(5-11-14-8)9(6)10(12)13-2/h3-5H,1-2H3. The fourth-order valence-corrected chi connectivity index (χ4v) is 2.08. The topological polar surface area (TPSA) is 39.2 Å². The number of methoxy groups -OCH3 is 1. The summed E-state index contributed by atoms with van der Waals surface area (Å²) in [6.45, 7) is 1.89. The molecular formula is C10H9NO2S. The molecule has 1 aromatic carbocycles. The van der Waals surface area contributed by atoms with Crippen LogP contribution in [0.5, 0.6) is 0 Å². The van der Waals surface area contributed by atoms with Gasteiger partial charge in [-0.3, -0.25) is 0 Å². The molecule has 2 aromatic rings. The van der Waals surface area contributed by atoms with Crippen LogP contribution < -0.4 is 0 Å². The van der Waals surface area contributed by atoms with Crippen molar-refractivity contribution >= 4 is 27.6 Å². The quantitative estimate of drug-likeness (QED) is 0.674. The average Bonchev–Trinajstić information content (AvgIpc) is 2.64. The summed E-state index contributed by atoms with van der Waals surface area (Å²) in [6, 6.07) is 3.88. The Morgan fingerprint density at radius 3 is 3.00 bits per heavy atom. The Morgan fingerprint density at radius 2 is 2.29 bits per heavy atom. The first kappa shape index (κ1) is 9.15. The zero-order chi connectivity index (χ0) is 10.1. The zero-order valence-electron chi connectivity index (χ0n) is 7.90. The van der Waals surface area contributed by atoms with Gasteiger partial charge in [-0.1, -0.05) is 6.07 Å². The molecule has 0 saturated carbocycles. The van der Waals surface area contributed by atoms with Crippen LogP contribution in [0, 0.1) is 6.92 Å². The van der Waals surface area contributed by atoms with Crippen molar-refractivity contribution in [3.63, 3.8) is 0 Å². The maximum atomic E-state index is 11.5. The second kappa shape index (κ2) is 3.38. The van der Waals surface area contributed by atoms with Crippen LogP contribution >= 0.6 is 11.5 Å². The van der Waals surface area contributed by atoms with Gasteiger partial charge in [0.05, 0.1) is 17.4 Å². The number of hydrogen-bond acceptors (Lipinski definition) is 4. The molecule has 0 aliphatic carbocycles. The molecule has 0 spiro atoms. The molecule has 0 fully saturated rings. The monoisotopic (exact) mass is 207 g/mol. The molecule has 0 radical (unpaired) electrons. The molecule has 0 amide bonds. The van der Waals surface area contributed by atoms with Crippen LogP contribution in [0.4, 0.5) is 0 Å². The van der Waals surface area contributed by atoms with E-state index in [9.17, 15) is 4.79 Å². The minimum Gasteiger partial charge on any atom is -0.465 e. The number of aryl methyl sites for hydroxylation is 1. The van der Waals surface area contributed by atoms with Gasteiger partial charge in [-0.2, -0.15) is 4.37 Å². The van der Waals surface area contributed by atoms with E-state index in [-0.39, 0.29) is 5.97 Å². The van der Waals surface area contributed by atoms with Crippen molar-refractivity contribution < 1.29 is 9.53 Å². The lowest BCUT2D eigenvalue weighted by molar-refractivity contribution is 0.0602. The third kappa shape index (κ3) is 1.28. The second-order valence-corrected chi connectivity index (χ2v) is 3.82. The van der Waals surface area contributed by atoms with E-state index in [0.717, 1.165) is 15.6 Å². The first-order valence-corrected chi connectivity index (χ1v) is 4.93. The summed E-state index contributed by atoms with van der Waals surface area (Å²) in [5.41, 5.74) is 1.54. The number of nitrogens with zero attached hydrogens (tertiary/aromatic N) is 1. The van der Waals surface area contributed by atoms with Gasteiger partial charge in [0.1, 0.15) is 0 Å². The largest absolute Gasteiger partial charge is 0.465 e. The highest BCUT2D eigenvalue weighted by molar-refractivity contribution is 7.13. The molecule has 14 heavy (non-hydrogen) atoms. The minimum absolute atomic E-state index is 0.298. The fourth-order valence-electron chi connectivity index (χ4n) is 1.43. The highest BCUT2D eigenvalue weighted by Gasteiger charge is 2.14. The molecule has 0 bridgehead atoms. The normalized spacial score (nSPS) is 10.4. The summed E-state index contributed by atoms with van der Waals surface area (Å²) in [5.74, 6) is -0.298. The maximum Gasteiger partial charge on any atom is 0.338 e. The summed E-state index contributed by atoms with van der Waals surface area (Å²) in [5, 5.41) is 0.877. The second-order valence-electron chi connectivity index (χ2n) is 2.99. The van der Waals surface area contributed by atoms with Gasteiger partial charge < -0.3 is 4.74 Å². The number of hydrogen-bond donors (Lipinski definition) is 0. The van der Waals surface area contributed by atoms with Gasteiger partial charge in [-0.05, 0) is 30.1 Å². The van der Waals surface area contributed by atoms with Gasteiger partial charge in [0.2, 0.25) is 0 Å². The average molecular weight is 207 g/mol. The third-order valence-electron chi connectivity index (χ3n) is 2.14. The summed E-state index contributed by atoms with van der Waals surface area (Å²) >= 11 is 1.38. The Hall–Kier alpha value is -1.42. The van der Waals surface area contributed by atoms with Crippen molar-refractivity contribution in [3.05, 3.63) is 29.5 Å². The predicted molar refractivity (Wildman–Crippen MR) is 55.7 cm³/mol. The summed E-state index contributed by atoms with van der Waals surface area (Å²) in [6.07, 6.45) is 1.71. The van der Waals surface area contributed by atoms with E-state index >= 15 is 0 Å². The van der Waals surface area contributed by atoms with Gasteiger partial charge in [0.25, 0.3) is 0 Å². The van der Waals surface area contributed by atoms with Crippen molar-refractivity contribution in [1.29, 1.82) is 0 Å². The van der Waals surface area contributed by atoms with Crippen molar-refractivity contribution in [2.24, 2.45) is 0 Å². The summed E-state index contributed by atoms with van der Waals surface area (Å²) < 4.78 is 9.80. The van der Waals surface area contributed by atoms with Gasteiger partial charge in [0.15, 0.2) is 0 Å². The molecular weight excluding hydrogens is 198 g/mol. The number of fused-ring (bicyclic) bond motifs is 1. The van der Waals surface area contributed by atoms with Crippen LogP contribution in [0.1, 0.15) is 15.9 Å². The minimum atomic E-state index is -0.298. The first-order chi connectivity index (χ1) is 6.74. The number of rotatable bonds is 1. The van der Waals surface area contributed by atoms with Crippen LogP contribution in [-0.4, -0.2) is 17.5 Å². The molecule has 2 rings (SSSR count). The lowest BCUT2D eigenvalue weighted by Gasteiger charge is -2.03. The number of carbonyl (C=O) groups is 1. The van der Waals surface area contributed by atoms with E-state index in [0.29, 0.717) is 5.56 Å². The molecule has 0 aliphatic rings. The molecule has 4 heteroatoms. The Labute approximate surface area is 85.5 Å². The SMILES string of the molecule is COC(=O)c1c(C)ccc2sncc12. The summed E-state index contributed by atoms with van der Waals surface area (Å²) in [4.78, 5) is 11.5. The van der Waals surface area contributed by atoms with Crippen molar-refractivity contribution in [3.8, 4) is 0 Å². The highest BCUT2D eigenvalue weighted by atomic mass is 32.1. The number of benzene rings is 1. The molecule has 0 aliphatic heterocycles. The van der Waals surface area contributed by atoms with Crippen molar-refractivity contribution in [2.45, 2.75) is 6.92 Å². The van der Waals surface area contributed by atoms with E-state index < -0.39 is 0 Å². The predicted octanol–water partition coefficient (Wildman–Crippen LogP) is 2.39. The molecule has 0 N–H and O–H groups in total. The molecule has 0 saturated heterocycles. The summed E-state index contributed by atoms with van der Waals surface area (Å²) in [7, 11) is 1.39. The molecule has 72 valence electrons. The van der Waals surface area contributed by atoms with Gasteiger partial charge in [-0.25, -0.2) is 4.79 Å². The number of esters is 1. The molecule has 1 aromatic heterocycles. The van der Waals surface area contributed by atoms with Crippen LogP contribution in [0.2, 0.25) is 0 Å². The van der Waals surface area contributed by atoms with Crippen molar-refractivity contribution in [2.75, 3.05) is 7.11 Å². The van der Waals surface area contributed by atoms with E-state index in [2.05, 4.69) is 4.37 Å². The number of carbonyl (C=O) groups excluding carboxylic acids is 1. The third-order valence-corrected chi connectivity index (χ3v) is 2.90. The Kier molecular flexibility index (Phi) is 2.21. The van der Waals surface area contributed by atoms with Crippen molar-refractivity contribution in [1.82, 2.24) is 4.37 Å².